The van der Waals surface area contributed by atoms with E-state index in [2.05, 4.69) is 10.1 Å². The third kappa shape index (κ3) is 3.04. The molecule has 0 spiro atoms. The van der Waals surface area contributed by atoms with Gasteiger partial charge in [0.1, 0.15) is 5.58 Å². The average molecular weight is 339 g/mol. The smallest absolute Gasteiger partial charge is 0.289 e. The van der Waals surface area contributed by atoms with Crippen LogP contribution < -0.4 is 0 Å². The van der Waals surface area contributed by atoms with Gasteiger partial charge in [0.2, 0.25) is 5.89 Å². The van der Waals surface area contributed by atoms with Crippen molar-refractivity contribution in [2.45, 2.75) is 39.0 Å². The minimum absolute atomic E-state index is 0.0715. The molecule has 6 nitrogen and oxygen atoms in total. The fraction of sp³-hybridized carbons (Fsp3) is 0.421. The van der Waals surface area contributed by atoms with Crippen molar-refractivity contribution < 1.29 is 13.7 Å². The summed E-state index contributed by atoms with van der Waals surface area (Å²) in [4.78, 5) is 19.1. The number of fused-ring (bicyclic) bond motifs is 1. The molecule has 0 saturated carbocycles. The largest absolute Gasteiger partial charge is 0.451 e. The quantitative estimate of drug-likeness (QED) is 0.727. The Morgan fingerprint density at radius 1 is 1.36 bits per heavy atom. The van der Waals surface area contributed by atoms with Crippen LogP contribution in [-0.2, 0) is 6.42 Å². The molecule has 1 aliphatic rings. The molecule has 1 amide bonds. The van der Waals surface area contributed by atoms with Gasteiger partial charge in [0.15, 0.2) is 11.6 Å². The zero-order valence-corrected chi connectivity index (χ0v) is 14.5. The predicted octanol–water partition coefficient (Wildman–Crippen LogP) is 3.71. The molecule has 3 heterocycles. The molecular weight excluding hydrogens is 318 g/mol. The van der Waals surface area contributed by atoms with Crippen LogP contribution in [0.25, 0.3) is 11.0 Å². The molecule has 1 aromatic carbocycles. The lowest BCUT2D eigenvalue weighted by atomic mass is 9.97. The molecule has 1 saturated heterocycles. The Labute approximate surface area is 145 Å². The van der Waals surface area contributed by atoms with Crippen molar-refractivity contribution in [2.75, 3.05) is 13.1 Å². The van der Waals surface area contributed by atoms with Crippen molar-refractivity contribution in [3.05, 3.63) is 47.3 Å². The number of carbonyl (C=O) groups is 1. The van der Waals surface area contributed by atoms with Gasteiger partial charge < -0.3 is 13.8 Å². The van der Waals surface area contributed by atoms with Gasteiger partial charge in [-0.3, -0.25) is 4.79 Å². The first-order valence-corrected chi connectivity index (χ1v) is 8.76. The van der Waals surface area contributed by atoms with E-state index < -0.39 is 0 Å². The number of hydrogen-bond acceptors (Lipinski definition) is 5. The SMILES string of the molecule is CCc1nc(C2CCCN(C(=O)c3cc4cc(C)ccc4o3)C2)no1. The summed E-state index contributed by atoms with van der Waals surface area (Å²) in [5.74, 6) is 1.79. The fourth-order valence-electron chi connectivity index (χ4n) is 3.37. The van der Waals surface area contributed by atoms with Crippen LogP contribution in [0.1, 0.15) is 53.5 Å². The monoisotopic (exact) mass is 339 g/mol. The zero-order chi connectivity index (χ0) is 17.4. The number of likely N-dealkylation sites (tertiary alicyclic amines) is 1. The third-order valence-corrected chi connectivity index (χ3v) is 4.74. The topological polar surface area (TPSA) is 72.4 Å². The van der Waals surface area contributed by atoms with E-state index in [4.69, 9.17) is 8.94 Å². The zero-order valence-electron chi connectivity index (χ0n) is 14.5. The number of furan rings is 1. The molecule has 1 atom stereocenters. The highest BCUT2D eigenvalue weighted by Gasteiger charge is 2.29. The van der Waals surface area contributed by atoms with E-state index in [0.717, 1.165) is 42.3 Å². The summed E-state index contributed by atoms with van der Waals surface area (Å²) in [5.41, 5.74) is 1.89. The van der Waals surface area contributed by atoms with Crippen LogP contribution in [0.3, 0.4) is 0 Å². The summed E-state index contributed by atoms with van der Waals surface area (Å²) in [7, 11) is 0. The molecule has 4 rings (SSSR count). The van der Waals surface area contributed by atoms with Crippen LogP contribution >= 0.6 is 0 Å². The molecule has 1 unspecified atom stereocenters. The van der Waals surface area contributed by atoms with Crippen molar-refractivity contribution in [1.29, 1.82) is 0 Å². The molecule has 3 aromatic rings. The van der Waals surface area contributed by atoms with Crippen LogP contribution in [0.4, 0.5) is 0 Å². The lowest BCUT2D eigenvalue weighted by molar-refractivity contribution is 0.0674. The lowest BCUT2D eigenvalue weighted by Crippen LogP contribution is -2.39. The number of aromatic nitrogens is 2. The number of aryl methyl sites for hydroxylation is 2. The molecule has 1 aliphatic heterocycles. The number of rotatable bonds is 3. The Bertz CT molecular complexity index is 912. The van der Waals surface area contributed by atoms with Crippen molar-refractivity contribution >= 4 is 16.9 Å². The molecular formula is C19H21N3O3. The summed E-state index contributed by atoms with van der Waals surface area (Å²) in [6, 6.07) is 7.75. The minimum Gasteiger partial charge on any atom is -0.451 e. The second kappa shape index (κ2) is 6.35. The number of piperidine rings is 1. The Morgan fingerprint density at radius 2 is 2.24 bits per heavy atom. The third-order valence-electron chi connectivity index (χ3n) is 4.74. The van der Waals surface area contributed by atoms with E-state index in [0.29, 0.717) is 24.0 Å². The number of nitrogens with zero attached hydrogens (tertiary/aromatic N) is 3. The molecule has 25 heavy (non-hydrogen) atoms. The second-order valence-corrected chi connectivity index (χ2v) is 6.64. The summed E-state index contributed by atoms with van der Waals surface area (Å²) in [5, 5.41) is 5.03. The Morgan fingerprint density at radius 3 is 3.04 bits per heavy atom. The predicted molar refractivity (Wildman–Crippen MR) is 92.5 cm³/mol. The van der Waals surface area contributed by atoms with E-state index in [1.807, 2.05) is 43.0 Å². The second-order valence-electron chi connectivity index (χ2n) is 6.64. The van der Waals surface area contributed by atoms with E-state index >= 15 is 0 Å². The summed E-state index contributed by atoms with van der Waals surface area (Å²) < 4.78 is 11.0. The van der Waals surface area contributed by atoms with Gasteiger partial charge in [0.25, 0.3) is 5.91 Å². The van der Waals surface area contributed by atoms with Gasteiger partial charge in [-0.2, -0.15) is 4.98 Å². The van der Waals surface area contributed by atoms with Crippen molar-refractivity contribution in [3.63, 3.8) is 0 Å². The Hall–Kier alpha value is -2.63. The lowest BCUT2D eigenvalue weighted by Gasteiger charge is -2.30. The first-order chi connectivity index (χ1) is 12.1. The fourth-order valence-corrected chi connectivity index (χ4v) is 3.37. The molecule has 1 fully saturated rings. The highest BCUT2D eigenvalue weighted by atomic mass is 16.5. The molecule has 2 aromatic heterocycles. The minimum atomic E-state index is -0.0715. The van der Waals surface area contributed by atoms with Crippen LogP contribution in [0.15, 0.2) is 33.2 Å². The van der Waals surface area contributed by atoms with Gasteiger partial charge in [-0.25, -0.2) is 0 Å². The van der Waals surface area contributed by atoms with Crippen molar-refractivity contribution in [3.8, 4) is 0 Å². The maximum atomic E-state index is 12.9. The Balaban J connectivity index is 1.54. The molecule has 0 radical (unpaired) electrons. The maximum absolute atomic E-state index is 12.9. The van der Waals surface area contributed by atoms with Crippen LogP contribution in [0.2, 0.25) is 0 Å². The standard InChI is InChI=1S/C19H21N3O3/c1-3-17-20-18(21-25-17)13-5-4-8-22(11-13)19(23)16-10-14-9-12(2)6-7-15(14)24-16/h6-7,9-10,13H,3-5,8,11H2,1-2H3. The summed E-state index contributed by atoms with van der Waals surface area (Å²) >= 11 is 0. The van der Waals surface area contributed by atoms with Gasteiger partial charge in [-0.1, -0.05) is 23.7 Å². The van der Waals surface area contributed by atoms with Gasteiger partial charge >= 0.3 is 0 Å². The Kier molecular flexibility index (Phi) is 4.03. The van der Waals surface area contributed by atoms with E-state index in [9.17, 15) is 4.79 Å². The van der Waals surface area contributed by atoms with Crippen molar-refractivity contribution in [2.24, 2.45) is 0 Å². The summed E-state index contributed by atoms with van der Waals surface area (Å²) in [6.07, 6.45) is 2.61. The van der Waals surface area contributed by atoms with Crippen molar-refractivity contribution in [1.82, 2.24) is 15.0 Å². The number of carbonyl (C=O) groups excluding carboxylic acids is 1. The average Bonchev–Trinajstić information content (AvgIpc) is 3.27. The van der Waals surface area contributed by atoms with Crippen LogP contribution in [0, 0.1) is 6.92 Å². The number of hydrogen-bond donors (Lipinski definition) is 0. The van der Waals surface area contributed by atoms with E-state index in [1.165, 1.54) is 0 Å². The first kappa shape index (κ1) is 15.9. The number of benzene rings is 1. The molecule has 0 N–H and O–H groups in total. The molecule has 130 valence electrons. The molecule has 0 bridgehead atoms. The van der Waals surface area contributed by atoms with Crippen LogP contribution in [-0.4, -0.2) is 34.0 Å². The molecule has 6 heteroatoms. The molecule has 0 aliphatic carbocycles. The highest BCUT2D eigenvalue weighted by Crippen LogP contribution is 2.27. The van der Waals surface area contributed by atoms with E-state index in [1.54, 1.807) is 0 Å². The van der Waals surface area contributed by atoms with Gasteiger partial charge in [0, 0.05) is 30.8 Å². The van der Waals surface area contributed by atoms with Gasteiger partial charge in [-0.05, 0) is 38.0 Å². The number of amides is 1. The van der Waals surface area contributed by atoms with E-state index in [-0.39, 0.29) is 11.8 Å². The first-order valence-electron chi connectivity index (χ1n) is 8.76. The normalized spacial score (nSPS) is 18.0. The van der Waals surface area contributed by atoms with Gasteiger partial charge in [-0.15, -0.1) is 0 Å². The summed E-state index contributed by atoms with van der Waals surface area (Å²) in [6.45, 7) is 5.33. The van der Waals surface area contributed by atoms with Gasteiger partial charge in [0.05, 0.1) is 0 Å². The maximum Gasteiger partial charge on any atom is 0.289 e. The van der Waals surface area contributed by atoms with Crippen LogP contribution in [0.5, 0.6) is 0 Å². The highest BCUT2D eigenvalue weighted by molar-refractivity contribution is 5.96.